The molecule has 78 valence electrons. The highest BCUT2D eigenvalue weighted by molar-refractivity contribution is 7.10. The number of nitrogens with zero attached hydrogens (tertiary/aromatic N) is 1. The molecular formula is C10H9NO3S. The average molecular weight is 223 g/mol. The Morgan fingerprint density at radius 1 is 1.47 bits per heavy atom. The van der Waals surface area contributed by atoms with Gasteiger partial charge in [-0.25, -0.2) is 0 Å². The molecule has 2 heterocycles. The average Bonchev–Trinajstić information content (AvgIpc) is 2.87. The molecule has 0 amide bonds. The van der Waals surface area contributed by atoms with Gasteiger partial charge in [-0.05, 0) is 23.6 Å². The smallest absolute Gasteiger partial charge is 0.218 e. The fourth-order valence-electron chi connectivity index (χ4n) is 1.45. The van der Waals surface area contributed by atoms with Crippen LogP contribution in [0.1, 0.15) is 16.6 Å². The standard InChI is InChI=1S/C10H9NO3S/c12-11(13)7-8(9-3-1-5-14-9)10-4-2-6-15-10/h1-6,8H,7H2. The highest BCUT2D eigenvalue weighted by atomic mass is 32.1. The van der Waals surface area contributed by atoms with Crippen LogP contribution in [0.25, 0.3) is 0 Å². The second-order valence-corrected chi connectivity index (χ2v) is 4.08. The molecule has 0 aliphatic rings. The summed E-state index contributed by atoms with van der Waals surface area (Å²) in [6.07, 6.45) is 1.54. The van der Waals surface area contributed by atoms with E-state index < -0.39 is 0 Å². The van der Waals surface area contributed by atoms with E-state index in [-0.39, 0.29) is 17.4 Å². The fraction of sp³-hybridized carbons (Fsp3) is 0.200. The van der Waals surface area contributed by atoms with Crippen molar-refractivity contribution in [3.63, 3.8) is 0 Å². The molecule has 4 nitrogen and oxygen atoms in total. The zero-order chi connectivity index (χ0) is 10.7. The summed E-state index contributed by atoms with van der Waals surface area (Å²) in [4.78, 5) is 11.2. The monoisotopic (exact) mass is 223 g/mol. The second-order valence-electron chi connectivity index (χ2n) is 3.10. The molecule has 0 radical (unpaired) electrons. The highest BCUT2D eigenvalue weighted by Gasteiger charge is 2.23. The number of hydrogen-bond acceptors (Lipinski definition) is 4. The predicted molar refractivity (Wildman–Crippen MR) is 56.7 cm³/mol. The Labute approximate surface area is 90.3 Å². The van der Waals surface area contributed by atoms with Crippen LogP contribution in [0.4, 0.5) is 0 Å². The molecule has 2 aromatic rings. The topological polar surface area (TPSA) is 56.3 Å². The second kappa shape index (κ2) is 4.27. The van der Waals surface area contributed by atoms with Crippen molar-refractivity contribution in [3.8, 4) is 0 Å². The van der Waals surface area contributed by atoms with E-state index in [0.717, 1.165) is 4.88 Å². The molecule has 15 heavy (non-hydrogen) atoms. The van der Waals surface area contributed by atoms with E-state index in [4.69, 9.17) is 4.42 Å². The van der Waals surface area contributed by atoms with Gasteiger partial charge in [0.25, 0.3) is 0 Å². The van der Waals surface area contributed by atoms with Crippen LogP contribution in [-0.2, 0) is 0 Å². The summed E-state index contributed by atoms with van der Waals surface area (Å²) in [5.41, 5.74) is 0. The molecule has 0 saturated carbocycles. The molecular weight excluding hydrogens is 214 g/mol. The minimum absolute atomic E-state index is 0.131. The summed E-state index contributed by atoms with van der Waals surface area (Å²) in [6.45, 7) is -0.131. The maximum atomic E-state index is 10.6. The molecule has 1 unspecified atom stereocenters. The Hall–Kier alpha value is -1.62. The number of rotatable bonds is 4. The molecule has 0 spiro atoms. The summed E-state index contributed by atoms with van der Waals surface area (Å²) >= 11 is 1.51. The Bertz CT molecular complexity index is 387. The summed E-state index contributed by atoms with van der Waals surface area (Å²) in [5.74, 6) is 0.379. The molecule has 0 N–H and O–H groups in total. The van der Waals surface area contributed by atoms with Gasteiger partial charge in [0.2, 0.25) is 6.54 Å². The van der Waals surface area contributed by atoms with E-state index in [1.807, 2.05) is 17.5 Å². The van der Waals surface area contributed by atoms with Crippen LogP contribution in [0, 0.1) is 10.1 Å². The number of thiophene rings is 1. The van der Waals surface area contributed by atoms with E-state index in [1.165, 1.54) is 17.6 Å². The Balaban J connectivity index is 2.29. The highest BCUT2D eigenvalue weighted by Crippen LogP contribution is 2.28. The van der Waals surface area contributed by atoms with Gasteiger partial charge in [-0.2, -0.15) is 0 Å². The van der Waals surface area contributed by atoms with Crippen LogP contribution >= 0.6 is 11.3 Å². The number of nitro groups is 1. The van der Waals surface area contributed by atoms with Crippen molar-refractivity contribution in [3.05, 3.63) is 56.7 Å². The molecule has 0 aliphatic heterocycles. The zero-order valence-corrected chi connectivity index (χ0v) is 8.65. The SMILES string of the molecule is O=[N+]([O-])CC(c1ccco1)c1cccs1. The van der Waals surface area contributed by atoms with Crippen molar-refractivity contribution in [2.45, 2.75) is 5.92 Å². The van der Waals surface area contributed by atoms with Crippen molar-refractivity contribution in [2.75, 3.05) is 6.54 Å². The quantitative estimate of drug-likeness (QED) is 0.591. The van der Waals surface area contributed by atoms with Crippen LogP contribution < -0.4 is 0 Å². The van der Waals surface area contributed by atoms with Crippen molar-refractivity contribution in [1.82, 2.24) is 0 Å². The van der Waals surface area contributed by atoms with Gasteiger partial charge in [0.15, 0.2) is 0 Å². The van der Waals surface area contributed by atoms with Crippen molar-refractivity contribution in [1.29, 1.82) is 0 Å². The minimum atomic E-state index is -0.313. The Kier molecular flexibility index (Phi) is 2.82. The van der Waals surface area contributed by atoms with Crippen LogP contribution in [0.5, 0.6) is 0 Å². The summed E-state index contributed by atoms with van der Waals surface area (Å²) < 4.78 is 5.22. The van der Waals surface area contributed by atoms with E-state index in [1.54, 1.807) is 12.1 Å². The van der Waals surface area contributed by atoms with Crippen LogP contribution in [0.2, 0.25) is 0 Å². The lowest BCUT2D eigenvalue weighted by molar-refractivity contribution is -0.482. The molecule has 5 heteroatoms. The van der Waals surface area contributed by atoms with Gasteiger partial charge < -0.3 is 4.42 Å². The van der Waals surface area contributed by atoms with Gasteiger partial charge in [0, 0.05) is 9.80 Å². The van der Waals surface area contributed by atoms with Gasteiger partial charge in [-0.15, -0.1) is 11.3 Å². The first kappa shape index (κ1) is 9.92. The molecule has 0 fully saturated rings. The lowest BCUT2D eigenvalue weighted by Crippen LogP contribution is -2.12. The first-order chi connectivity index (χ1) is 7.27. The largest absolute Gasteiger partial charge is 0.468 e. The van der Waals surface area contributed by atoms with E-state index >= 15 is 0 Å². The first-order valence-electron chi connectivity index (χ1n) is 4.46. The van der Waals surface area contributed by atoms with E-state index in [0.29, 0.717) is 5.76 Å². The minimum Gasteiger partial charge on any atom is -0.468 e. The Morgan fingerprint density at radius 3 is 2.87 bits per heavy atom. The third-order valence-electron chi connectivity index (χ3n) is 2.10. The molecule has 1 atom stereocenters. The molecule has 2 aromatic heterocycles. The zero-order valence-electron chi connectivity index (χ0n) is 7.83. The summed E-state index contributed by atoms with van der Waals surface area (Å²) in [5, 5.41) is 12.5. The molecule has 0 aliphatic carbocycles. The van der Waals surface area contributed by atoms with Gasteiger partial charge in [-0.1, -0.05) is 6.07 Å². The lowest BCUT2D eigenvalue weighted by Gasteiger charge is -2.07. The normalized spacial score (nSPS) is 12.5. The fourth-order valence-corrected chi connectivity index (χ4v) is 2.27. The van der Waals surface area contributed by atoms with Gasteiger partial charge >= 0.3 is 0 Å². The summed E-state index contributed by atoms with van der Waals surface area (Å²) in [6, 6.07) is 7.29. The third kappa shape index (κ3) is 2.24. The van der Waals surface area contributed by atoms with E-state index in [9.17, 15) is 10.1 Å². The van der Waals surface area contributed by atoms with Gasteiger partial charge in [0.05, 0.1) is 6.26 Å². The number of furan rings is 1. The van der Waals surface area contributed by atoms with Gasteiger partial charge in [0.1, 0.15) is 11.7 Å². The van der Waals surface area contributed by atoms with Crippen molar-refractivity contribution in [2.24, 2.45) is 0 Å². The molecule has 0 saturated heterocycles. The predicted octanol–water partition coefficient (Wildman–Crippen LogP) is 2.75. The maximum Gasteiger partial charge on any atom is 0.218 e. The van der Waals surface area contributed by atoms with Crippen molar-refractivity contribution >= 4 is 11.3 Å². The van der Waals surface area contributed by atoms with Gasteiger partial charge in [-0.3, -0.25) is 10.1 Å². The van der Waals surface area contributed by atoms with E-state index in [2.05, 4.69) is 0 Å². The molecule has 0 aromatic carbocycles. The summed E-state index contributed by atoms with van der Waals surface area (Å²) in [7, 11) is 0. The third-order valence-corrected chi connectivity index (χ3v) is 3.09. The lowest BCUT2D eigenvalue weighted by atomic mass is 10.1. The van der Waals surface area contributed by atoms with Crippen LogP contribution in [-0.4, -0.2) is 11.5 Å². The van der Waals surface area contributed by atoms with Crippen LogP contribution in [0.3, 0.4) is 0 Å². The molecule has 2 rings (SSSR count). The maximum absolute atomic E-state index is 10.6. The Morgan fingerprint density at radius 2 is 2.33 bits per heavy atom. The molecule has 0 bridgehead atoms. The van der Waals surface area contributed by atoms with Crippen molar-refractivity contribution < 1.29 is 9.34 Å². The van der Waals surface area contributed by atoms with Crippen LogP contribution in [0.15, 0.2) is 40.3 Å². The number of hydrogen-bond donors (Lipinski definition) is 0. The first-order valence-corrected chi connectivity index (χ1v) is 5.34.